The Morgan fingerprint density at radius 2 is 2.31 bits per heavy atom. The molecule has 16 heavy (non-hydrogen) atoms. The van der Waals surface area contributed by atoms with Crippen LogP contribution in [0.3, 0.4) is 0 Å². The van der Waals surface area contributed by atoms with Crippen molar-refractivity contribution < 1.29 is 4.39 Å². The highest BCUT2D eigenvalue weighted by Gasteiger charge is 2.05. The van der Waals surface area contributed by atoms with Gasteiger partial charge >= 0.3 is 0 Å². The molecule has 0 unspecified atom stereocenters. The highest BCUT2D eigenvalue weighted by Crippen LogP contribution is 2.12. The molecule has 0 atom stereocenters. The zero-order valence-electron chi connectivity index (χ0n) is 8.81. The molecule has 0 fully saturated rings. The van der Waals surface area contributed by atoms with Gasteiger partial charge in [-0.25, -0.2) is 9.37 Å². The quantitative estimate of drug-likeness (QED) is 0.771. The van der Waals surface area contributed by atoms with E-state index in [0.717, 1.165) is 5.82 Å². The lowest BCUT2D eigenvalue weighted by molar-refractivity contribution is 0.622. The smallest absolute Gasteiger partial charge is 0.123 e. The molecule has 2 rings (SSSR count). The van der Waals surface area contributed by atoms with E-state index in [1.165, 1.54) is 18.2 Å². The van der Waals surface area contributed by atoms with Crippen LogP contribution in [0.2, 0.25) is 0 Å². The maximum Gasteiger partial charge on any atom is 0.123 e. The molecule has 0 aliphatic rings. The van der Waals surface area contributed by atoms with Gasteiger partial charge in [0.25, 0.3) is 0 Å². The van der Waals surface area contributed by atoms with Gasteiger partial charge in [0.05, 0.1) is 18.2 Å². The molecular weight excluding hydrogens is 205 g/mol. The van der Waals surface area contributed by atoms with E-state index in [1.807, 2.05) is 11.5 Å². The molecule has 2 aromatic rings. The second kappa shape index (κ2) is 4.15. The first-order valence-corrected chi connectivity index (χ1v) is 4.87. The van der Waals surface area contributed by atoms with Crippen molar-refractivity contribution in [2.45, 2.75) is 13.5 Å². The largest absolute Gasteiger partial charge is 0.331 e. The van der Waals surface area contributed by atoms with Crippen molar-refractivity contribution in [1.29, 1.82) is 5.26 Å². The molecular formula is C12H10FN3. The van der Waals surface area contributed by atoms with Gasteiger partial charge in [0.2, 0.25) is 0 Å². The Hall–Kier alpha value is -2.15. The van der Waals surface area contributed by atoms with E-state index < -0.39 is 0 Å². The van der Waals surface area contributed by atoms with Crippen LogP contribution in [0.4, 0.5) is 4.39 Å². The van der Waals surface area contributed by atoms with Crippen molar-refractivity contribution in [3.05, 3.63) is 53.4 Å². The van der Waals surface area contributed by atoms with Crippen LogP contribution >= 0.6 is 0 Å². The van der Waals surface area contributed by atoms with Gasteiger partial charge in [0, 0.05) is 12.4 Å². The first-order valence-electron chi connectivity index (χ1n) is 4.87. The third-order valence-corrected chi connectivity index (χ3v) is 2.45. The van der Waals surface area contributed by atoms with Crippen LogP contribution in [0.5, 0.6) is 0 Å². The number of aryl methyl sites for hydroxylation is 1. The molecule has 0 N–H and O–H groups in total. The van der Waals surface area contributed by atoms with E-state index >= 15 is 0 Å². The maximum absolute atomic E-state index is 13.1. The molecule has 3 nitrogen and oxygen atoms in total. The summed E-state index contributed by atoms with van der Waals surface area (Å²) in [5.74, 6) is 0.514. The predicted octanol–water partition coefficient (Wildman–Crippen LogP) is 2.25. The average molecular weight is 215 g/mol. The summed E-state index contributed by atoms with van der Waals surface area (Å²) in [4.78, 5) is 4.08. The summed E-state index contributed by atoms with van der Waals surface area (Å²) in [6.45, 7) is 2.33. The lowest BCUT2D eigenvalue weighted by Gasteiger charge is -2.07. The van der Waals surface area contributed by atoms with Crippen LogP contribution in [-0.4, -0.2) is 9.55 Å². The summed E-state index contributed by atoms with van der Waals surface area (Å²) in [6, 6.07) is 6.23. The second-order valence-corrected chi connectivity index (χ2v) is 3.52. The van der Waals surface area contributed by atoms with Gasteiger partial charge in [0.1, 0.15) is 11.6 Å². The standard InChI is InChI=1S/C12H10FN3/c1-9-15-4-5-16(9)8-11-6-12(13)3-2-10(11)7-14/h2-6H,8H2,1H3. The molecule has 4 heteroatoms. The summed E-state index contributed by atoms with van der Waals surface area (Å²) in [6.07, 6.45) is 3.49. The van der Waals surface area contributed by atoms with Gasteiger partial charge in [-0.2, -0.15) is 5.26 Å². The van der Waals surface area contributed by atoms with E-state index in [-0.39, 0.29) is 5.82 Å². The fraction of sp³-hybridized carbons (Fsp3) is 0.167. The van der Waals surface area contributed by atoms with Crippen molar-refractivity contribution in [2.75, 3.05) is 0 Å². The molecule has 1 heterocycles. The molecule has 1 aromatic heterocycles. The zero-order valence-corrected chi connectivity index (χ0v) is 8.81. The fourth-order valence-corrected chi connectivity index (χ4v) is 1.56. The molecule has 0 amide bonds. The highest BCUT2D eigenvalue weighted by atomic mass is 19.1. The van der Waals surface area contributed by atoms with Crippen LogP contribution in [0.15, 0.2) is 30.6 Å². The zero-order chi connectivity index (χ0) is 11.5. The number of hydrogen-bond donors (Lipinski definition) is 0. The van der Waals surface area contributed by atoms with Gasteiger partial charge in [-0.1, -0.05) is 0 Å². The summed E-state index contributed by atoms with van der Waals surface area (Å²) in [7, 11) is 0. The Morgan fingerprint density at radius 1 is 1.50 bits per heavy atom. The fourth-order valence-electron chi connectivity index (χ4n) is 1.56. The molecule has 0 bridgehead atoms. The second-order valence-electron chi connectivity index (χ2n) is 3.52. The third-order valence-electron chi connectivity index (χ3n) is 2.45. The summed E-state index contributed by atoms with van der Waals surface area (Å²) in [5, 5.41) is 8.91. The Kier molecular flexibility index (Phi) is 2.69. The van der Waals surface area contributed by atoms with E-state index in [2.05, 4.69) is 11.1 Å². The number of nitriles is 1. The third kappa shape index (κ3) is 1.94. The lowest BCUT2D eigenvalue weighted by Crippen LogP contribution is -2.03. The minimum atomic E-state index is -0.327. The molecule has 1 aromatic carbocycles. The van der Waals surface area contributed by atoms with Crippen molar-refractivity contribution in [3.63, 3.8) is 0 Å². The average Bonchev–Trinajstić information content (AvgIpc) is 2.65. The van der Waals surface area contributed by atoms with Gasteiger partial charge < -0.3 is 4.57 Å². The van der Waals surface area contributed by atoms with Crippen molar-refractivity contribution in [2.24, 2.45) is 0 Å². The van der Waals surface area contributed by atoms with E-state index in [1.54, 1.807) is 12.4 Å². The Bertz CT molecular complexity index is 552. The van der Waals surface area contributed by atoms with Gasteiger partial charge in [-0.3, -0.25) is 0 Å². The van der Waals surface area contributed by atoms with Crippen LogP contribution in [-0.2, 0) is 6.54 Å². The SMILES string of the molecule is Cc1nccn1Cc1cc(F)ccc1C#N. The van der Waals surface area contributed by atoms with Gasteiger partial charge in [-0.15, -0.1) is 0 Å². The van der Waals surface area contributed by atoms with Crippen LogP contribution in [0.25, 0.3) is 0 Å². The summed E-state index contributed by atoms with van der Waals surface area (Å²) in [5.41, 5.74) is 1.16. The number of hydrogen-bond acceptors (Lipinski definition) is 2. The normalized spacial score (nSPS) is 10.1. The van der Waals surface area contributed by atoms with Crippen molar-refractivity contribution in [1.82, 2.24) is 9.55 Å². The number of rotatable bonds is 2. The van der Waals surface area contributed by atoms with Gasteiger partial charge in [-0.05, 0) is 30.7 Å². The molecule has 0 aliphatic carbocycles. The number of aromatic nitrogens is 2. The molecule has 0 saturated heterocycles. The van der Waals surface area contributed by atoms with Crippen LogP contribution < -0.4 is 0 Å². The number of halogens is 1. The summed E-state index contributed by atoms with van der Waals surface area (Å²) >= 11 is 0. The van der Waals surface area contributed by atoms with Crippen LogP contribution in [0.1, 0.15) is 17.0 Å². The number of benzene rings is 1. The van der Waals surface area contributed by atoms with E-state index in [4.69, 9.17) is 5.26 Å². The maximum atomic E-state index is 13.1. The summed E-state index contributed by atoms with van der Waals surface area (Å²) < 4.78 is 14.9. The first-order chi connectivity index (χ1) is 7.70. The molecule has 0 saturated carbocycles. The van der Waals surface area contributed by atoms with Crippen molar-refractivity contribution >= 4 is 0 Å². The van der Waals surface area contributed by atoms with Crippen LogP contribution in [0, 0.1) is 24.1 Å². The first kappa shape index (κ1) is 10.4. The van der Waals surface area contributed by atoms with Crippen molar-refractivity contribution in [3.8, 4) is 6.07 Å². The number of imidazole rings is 1. The molecule has 0 aliphatic heterocycles. The highest BCUT2D eigenvalue weighted by molar-refractivity contribution is 5.38. The molecule has 0 spiro atoms. The van der Waals surface area contributed by atoms with Gasteiger partial charge in [0.15, 0.2) is 0 Å². The van der Waals surface area contributed by atoms with E-state index in [9.17, 15) is 4.39 Å². The van der Waals surface area contributed by atoms with E-state index in [0.29, 0.717) is 17.7 Å². The molecule has 80 valence electrons. The Balaban J connectivity index is 2.38. The minimum absolute atomic E-state index is 0.327. The predicted molar refractivity (Wildman–Crippen MR) is 57.2 cm³/mol. The lowest BCUT2D eigenvalue weighted by atomic mass is 10.1. The molecule has 0 radical (unpaired) electrons. The minimum Gasteiger partial charge on any atom is -0.331 e. The monoisotopic (exact) mass is 215 g/mol. The Morgan fingerprint density at radius 3 is 2.94 bits per heavy atom. The Labute approximate surface area is 92.8 Å². The number of nitrogens with zero attached hydrogens (tertiary/aromatic N) is 3. The topological polar surface area (TPSA) is 41.6 Å².